The third kappa shape index (κ3) is 4.12. The number of fused-ring (bicyclic) bond motifs is 1. The molecular formula is C19H18N4O3S. The Hall–Kier alpha value is -2.84. The van der Waals surface area contributed by atoms with Gasteiger partial charge in [0.1, 0.15) is 11.0 Å². The molecule has 1 N–H and O–H groups in total. The van der Waals surface area contributed by atoms with E-state index in [0.717, 1.165) is 22.8 Å². The zero-order chi connectivity index (χ0) is 18.6. The predicted octanol–water partition coefficient (Wildman–Crippen LogP) is 2.34. The maximum Gasteiger partial charge on any atom is 0.255 e. The first-order valence-electron chi connectivity index (χ1n) is 8.67. The Labute approximate surface area is 160 Å². The van der Waals surface area contributed by atoms with E-state index in [1.807, 2.05) is 29.2 Å². The molecule has 0 bridgehead atoms. The molecule has 1 aliphatic heterocycles. The van der Waals surface area contributed by atoms with Gasteiger partial charge in [0.15, 0.2) is 0 Å². The van der Waals surface area contributed by atoms with Crippen LogP contribution in [0.4, 0.5) is 5.69 Å². The van der Waals surface area contributed by atoms with Crippen LogP contribution in [0.15, 0.2) is 42.5 Å². The first-order chi connectivity index (χ1) is 13.2. The van der Waals surface area contributed by atoms with Gasteiger partial charge < -0.3 is 15.0 Å². The summed E-state index contributed by atoms with van der Waals surface area (Å²) in [6.45, 7) is 2.48. The summed E-state index contributed by atoms with van der Waals surface area (Å²) in [5, 5.41) is 2.86. The molecule has 0 aliphatic carbocycles. The molecular weight excluding hydrogens is 364 g/mol. The van der Waals surface area contributed by atoms with Crippen molar-refractivity contribution in [3.63, 3.8) is 0 Å². The fourth-order valence-corrected chi connectivity index (χ4v) is 3.45. The van der Waals surface area contributed by atoms with E-state index >= 15 is 0 Å². The van der Waals surface area contributed by atoms with Gasteiger partial charge in [-0.25, -0.2) is 0 Å². The van der Waals surface area contributed by atoms with Gasteiger partial charge in [0.05, 0.1) is 31.4 Å². The van der Waals surface area contributed by atoms with E-state index in [1.54, 1.807) is 18.2 Å². The van der Waals surface area contributed by atoms with E-state index in [9.17, 15) is 9.59 Å². The fraction of sp³-hybridized carbons (Fsp3) is 0.263. The summed E-state index contributed by atoms with van der Waals surface area (Å²) in [5.74, 6) is -0.109. The molecule has 0 unspecified atom stereocenters. The lowest BCUT2D eigenvalue weighted by Gasteiger charge is -2.26. The van der Waals surface area contributed by atoms with Gasteiger partial charge in [0.25, 0.3) is 5.91 Å². The molecule has 2 heterocycles. The van der Waals surface area contributed by atoms with Crippen molar-refractivity contribution >= 4 is 40.3 Å². The van der Waals surface area contributed by atoms with E-state index in [0.29, 0.717) is 49.5 Å². The molecule has 1 aromatic heterocycles. The molecule has 1 fully saturated rings. The van der Waals surface area contributed by atoms with Crippen molar-refractivity contribution in [3.05, 3.63) is 53.6 Å². The highest BCUT2D eigenvalue weighted by molar-refractivity contribution is 7.00. The lowest BCUT2D eigenvalue weighted by Crippen LogP contribution is -2.41. The summed E-state index contributed by atoms with van der Waals surface area (Å²) >= 11 is 1.12. The standard InChI is InChI=1S/C19H18N4O3S/c24-18(23-7-9-26-10-8-23)11-13-1-4-15(5-2-13)20-19(25)14-3-6-16-17(12-14)22-27-21-16/h1-6,12H,7-11H2,(H,20,25). The van der Waals surface area contributed by atoms with Gasteiger partial charge in [-0.05, 0) is 35.9 Å². The van der Waals surface area contributed by atoms with Gasteiger partial charge in [0, 0.05) is 24.3 Å². The second kappa shape index (κ2) is 7.81. The largest absolute Gasteiger partial charge is 0.378 e. The fourth-order valence-electron chi connectivity index (χ4n) is 2.93. The van der Waals surface area contributed by atoms with Crippen molar-refractivity contribution in [2.24, 2.45) is 0 Å². The Morgan fingerprint density at radius 1 is 1.04 bits per heavy atom. The molecule has 0 saturated carbocycles. The van der Waals surface area contributed by atoms with Gasteiger partial charge >= 0.3 is 0 Å². The molecule has 138 valence electrons. The molecule has 7 nitrogen and oxygen atoms in total. The summed E-state index contributed by atoms with van der Waals surface area (Å²) in [5.41, 5.74) is 3.62. The third-order valence-electron chi connectivity index (χ3n) is 4.45. The van der Waals surface area contributed by atoms with Crippen LogP contribution < -0.4 is 5.32 Å². The van der Waals surface area contributed by atoms with Gasteiger partial charge in [-0.1, -0.05) is 12.1 Å². The summed E-state index contributed by atoms with van der Waals surface area (Å²) in [4.78, 5) is 26.5. The Bertz CT molecular complexity index is 965. The zero-order valence-electron chi connectivity index (χ0n) is 14.6. The smallest absolute Gasteiger partial charge is 0.255 e. The highest BCUT2D eigenvalue weighted by atomic mass is 32.1. The molecule has 1 saturated heterocycles. The predicted molar refractivity (Wildman–Crippen MR) is 103 cm³/mol. The second-order valence-corrected chi connectivity index (χ2v) is 6.82. The molecule has 2 amide bonds. The Balaban J connectivity index is 1.38. The number of carbonyl (C=O) groups excluding carboxylic acids is 2. The van der Waals surface area contributed by atoms with Crippen molar-refractivity contribution < 1.29 is 14.3 Å². The summed E-state index contributed by atoms with van der Waals surface area (Å²) in [6, 6.07) is 12.6. The number of nitrogens with zero attached hydrogens (tertiary/aromatic N) is 3. The minimum absolute atomic E-state index is 0.0975. The quantitative estimate of drug-likeness (QED) is 0.749. The highest BCUT2D eigenvalue weighted by Crippen LogP contribution is 2.16. The molecule has 27 heavy (non-hydrogen) atoms. The van der Waals surface area contributed by atoms with E-state index in [-0.39, 0.29) is 11.8 Å². The van der Waals surface area contributed by atoms with Gasteiger partial charge in [-0.15, -0.1) is 0 Å². The number of benzene rings is 2. The monoisotopic (exact) mass is 382 g/mol. The van der Waals surface area contributed by atoms with E-state index in [2.05, 4.69) is 14.1 Å². The van der Waals surface area contributed by atoms with Crippen LogP contribution in [0.25, 0.3) is 11.0 Å². The number of anilines is 1. The van der Waals surface area contributed by atoms with Gasteiger partial charge in [-0.3, -0.25) is 9.59 Å². The van der Waals surface area contributed by atoms with Gasteiger partial charge in [-0.2, -0.15) is 8.75 Å². The summed E-state index contributed by atoms with van der Waals surface area (Å²) in [6.07, 6.45) is 0.349. The van der Waals surface area contributed by atoms with E-state index in [1.165, 1.54) is 0 Å². The molecule has 3 aromatic rings. The molecule has 8 heteroatoms. The average Bonchev–Trinajstić information content (AvgIpc) is 3.18. The van der Waals surface area contributed by atoms with Crippen LogP contribution >= 0.6 is 11.7 Å². The van der Waals surface area contributed by atoms with Crippen LogP contribution in [0.2, 0.25) is 0 Å². The molecule has 1 aliphatic rings. The minimum Gasteiger partial charge on any atom is -0.378 e. The normalized spacial score (nSPS) is 14.3. The number of ether oxygens (including phenoxy) is 1. The van der Waals surface area contributed by atoms with E-state index in [4.69, 9.17) is 4.74 Å². The Morgan fingerprint density at radius 2 is 1.78 bits per heavy atom. The third-order valence-corrected chi connectivity index (χ3v) is 5.00. The van der Waals surface area contributed by atoms with Crippen LogP contribution in [0, 0.1) is 0 Å². The molecule has 4 rings (SSSR count). The van der Waals surface area contributed by atoms with Crippen molar-refractivity contribution in [2.45, 2.75) is 6.42 Å². The maximum atomic E-state index is 12.4. The Kier molecular flexibility index (Phi) is 5.08. The van der Waals surface area contributed by atoms with Crippen LogP contribution in [0.5, 0.6) is 0 Å². The first-order valence-corrected chi connectivity index (χ1v) is 9.40. The SMILES string of the molecule is O=C(Nc1ccc(CC(=O)N2CCOCC2)cc1)c1ccc2nsnc2c1. The summed E-state index contributed by atoms with van der Waals surface area (Å²) in [7, 11) is 0. The number of hydrogen-bond donors (Lipinski definition) is 1. The number of carbonyl (C=O) groups is 2. The van der Waals surface area contributed by atoms with Crippen LogP contribution in [0.1, 0.15) is 15.9 Å². The van der Waals surface area contributed by atoms with Crippen LogP contribution in [-0.4, -0.2) is 51.8 Å². The highest BCUT2D eigenvalue weighted by Gasteiger charge is 2.17. The maximum absolute atomic E-state index is 12.4. The van der Waals surface area contributed by atoms with E-state index < -0.39 is 0 Å². The van der Waals surface area contributed by atoms with Crippen molar-refractivity contribution in [3.8, 4) is 0 Å². The second-order valence-electron chi connectivity index (χ2n) is 6.29. The molecule has 0 radical (unpaired) electrons. The number of rotatable bonds is 4. The zero-order valence-corrected chi connectivity index (χ0v) is 15.4. The lowest BCUT2D eigenvalue weighted by atomic mass is 10.1. The number of aromatic nitrogens is 2. The average molecular weight is 382 g/mol. The lowest BCUT2D eigenvalue weighted by molar-refractivity contribution is -0.134. The molecule has 0 atom stereocenters. The first kappa shape index (κ1) is 17.6. The van der Waals surface area contributed by atoms with Crippen molar-refractivity contribution in [1.29, 1.82) is 0 Å². The van der Waals surface area contributed by atoms with Gasteiger partial charge in [0.2, 0.25) is 5.91 Å². The topological polar surface area (TPSA) is 84.4 Å². The number of amides is 2. The Morgan fingerprint density at radius 3 is 2.56 bits per heavy atom. The van der Waals surface area contributed by atoms with Crippen LogP contribution in [-0.2, 0) is 16.0 Å². The number of hydrogen-bond acceptors (Lipinski definition) is 6. The van der Waals surface area contributed by atoms with Crippen LogP contribution in [0.3, 0.4) is 0 Å². The van der Waals surface area contributed by atoms with Crippen molar-refractivity contribution in [2.75, 3.05) is 31.6 Å². The number of nitrogens with one attached hydrogen (secondary N) is 1. The molecule has 0 spiro atoms. The molecule has 2 aromatic carbocycles. The number of morpholine rings is 1. The minimum atomic E-state index is -0.206. The summed E-state index contributed by atoms with van der Waals surface area (Å²) < 4.78 is 13.6. The van der Waals surface area contributed by atoms with Crippen molar-refractivity contribution in [1.82, 2.24) is 13.6 Å².